The summed E-state index contributed by atoms with van der Waals surface area (Å²) in [5.41, 5.74) is -0.891. The van der Waals surface area contributed by atoms with Gasteiger partial charge in [-0.25, -0.2) is 4.79 Å². The molecule has 1 unspecified atom stereocenters. The summed E-state index contributed by atoms with van der Waals surface area (Å²) in [6.45, 7) is 5.86. The predicted molar refractivity (Wildman–Crippen MR) is 73.5 cm³/mol. The second-order valence-corrected chi connectivity index (χ2v) is 5.11. The van der Waals surface area contributed by atoms with Crippen LogP contribution in [0.3, 0.4) is 0 Å². The van der Waals surface area contributed by atoms with Crippen LogP contribution in [-0.2, 0) is 11.3 Å². The van der Waals surface area contributed by atoms with Crippen LogP contribution < -0.4 is 5.32 Å². The molecule has 2 N–H and O–H groups in total. The number of nitrogens with one attached hydrogen (secondary N) is 1. The number of carboxylic acid groups (broad SMARTS) is 1. The van der Waals surface area contributed by atoms with Crippen molar-refractivity contribution < 1.29 is 14.7 Å². The molecule has 1 atom stereocenters. The van der Waals surface area contributed by atoms with E-state index in [1.165, 1.54) is 13.0 Å². The summed E-state index contributed by atoms with van der Waals surface area (Å²) in [5, 5.41) is 12.3. The van der Waals surface area contributed by atoms with Crippen molar-refractivity contribution in [3.8, 4) is 0 Å². The van der Waals surface area contributed by atoms with Crippen LogP contribution in [0, 0.1) is 0 Å². The number of nitrogens with zero attached hydrogens (tertiary/aromatic N) is 1. The molecule has 0 bridgehead atoms. The molecule has 106 valence electrons. The monoisotopic (exact) mass is 286 g/mol. The lowest BCUT2D eigenvalue weighted by molar-refractivity contribution is -0.144. The van der Waals surface area contributed by atoms with Gasteiger partial charge in [0.05, 0.1) is 5.02 Å². The molecule has 0 fully saturated rings. The molecule has 5 nitrogen and oxygen atoms in total. The lowest BCUT2D eigenvalue weighted by atomic mass is 9.96. The first-order valence-electron chi connectivity index (χ1n) is 6.25. The molecular formula is C13H19ClN2O3. The summed E-state index contributed by atoms with van der Waals surface area (Å²) < 4.78 is 1.69. The van der Waals surface area contributed by atoms with Crippen molar-refractivity contribution in [2.45, 2.75) is 45.7 Å². The number of halogens is 1. The number of carbonyl (C=O) groups is 2. The lowest BCUT2D eigenvalue weighted by Gasteiger charge is -2.25. The van der Waals surface area contributed by atoms with E-state index in [1.807, 2.05) is 13.8 Å². The Morgan fingerprint density at radius 1 is 1.47 bits per heavy atom. The molecule has 0 saturated heterocycles. The second kappa shape index (κ2) is 6.10. The van der Waals surface area contributed by atoms with Gasteiger partial charge in [-0.15, -0.1) is 0 Å². The van der Waals surface area contributed by atoms with E-state index in [1.54, 1.807) is 10.8 Å². The number of carboxylic acids is 1. The summed E-state index contributed by atoms with van der Waals surface area (Å²) in [6.07, 6.45) is 2.68. The van der Waals surface area contributed by atoms with Crippen LogP contribution in [0.2, 0.25) is 5.02 Å². The zero-order chi connectivity index (χ0) is 14.6. The van der Waals surface area contributed by atoms with Gasteiger partial charge in [-0.2, -0.15) is 0 Å². The average Bonchev–Trinajstić information content (AvgIpc) is 2.70. The van der Waals surface area contributed by atoms with Crippen LogP contribution in [0.5, 0.6) is 0 Å². The number of amides is 1. The molecule has 0 aliphatic heterocycles. The number of aryl methyl sites for hydroxylation is 1. The van der Waals surface area contributed by atoms with Crippen molar-refractivity contribution in [1.29, 1.82) is 0 Å². The fourth-order valence-corrected chi connectivity index (χ4v) is 2.19. The maximum absolute atomic E-state index is 12.2. The summed E-state index contributed by atoms with van der Waals surface area (Å²) in [5.74, 6) is -1.46. The molecule has 0 radical (unpaired) electrons. The smallest absolute Gasteiger partial charge is 0.329 e. The quantitative estimate of drug-likeness (QED) is 0.844. The third kappa shape index (κ3) is 3.50. The van der Waals surface area contributed by atoms with Crippen LogP contribution >= 0.6 is 11.6 Å². The number of aromatic nitrogens is 1. The van der Waals surface area contributed by atoms with Crippen LogP contribution in [0.1, 0.15) is 44.1 Å². The fraction of sp³-hybridized carbons (Fsp3) is 0.538. The molecule has 0 saturated carbocycles. The average molecular weight is 287 g/mol. The molecule has 1 rings (SSSR count). The molecule has 1 heterocycles. The number of carbonyl (C=O) groups excluding carboxylic acids is 1. The zero-order valence-corrected chi connectivity index (χ0v) is 12.1. The van der Waals surface area contributed by atoms with Gasteiger partial charge in [-0.05, 0) is 26.3 Å². The molecule has 0 aromatic carbocycles. The molecule has 6 heteroatoms. The Morgan fingerprint density at radius 2 is 2.11 bits per heavy atom. The van der Waals surface area contributed by atoms with Crippen molar-refractivity contribution >= 4 is 23.5 Å². The minimum atomic E-state index is -1.26. The van der Waals surface area contributed by atoms with E-state index in [2.05, 4.69) is 5.32 Å². The minimum absolute atomic E-state index is 0.370. The summed E-state index contributed by atoms with van der Waals surface area (Å²) >= 11 is 5.87. The van der Waals surface area contributed by atoms with Gasteiger partial charge in [0, 0.05) is 12.7 Å². The number of hydrogen-bond acceptors (Lipinski definition) is 2. The van der Waals surface area contributed by atoms with E-state index in [0.717, 1.165) is 0 Å². The largest absolute Gasteiger partial charge is 0.480 e. The summed E-state index contributed by atoms with van der Waals surface area (Å²) in [4.78, 5) is 23.5. The second-order valence-electron chi connectivity index (χ2n) is 4.67. The van der Waals surface area contributed by atoms with Gasteiger partial charge in [0.15, 0.2) is 0 Å². The van der Waals surface area contributed by atoms with Crippen LogP contribution in [-0.4, -0.2) is 27.1 Å². The Bertz CT molecular complexity index is 484. The standard InChI is InChI=1S/C13H19ClN2O3/c1-4-6-13(3,12(18)19)15-11(17)10-7-9(14)8-16(10)5-2/h7-8H,4-6H2,1-3H3,(H,15,17)(H,18,19). The molecule has 0 aliphatic carbocycles. The van der Waals surface area contributed by atoms with Gasteiger partial charge in [-0.3, -0.25) is 4.79 Å². The van der Waals surface area contributed by atoms with E-state index in [4.69, 9.17) is 11.6 Å². The van der Waals surface area contributed by atoms with Crippen molar-refractivity contribution in [3.63, 3.8) is 0 Å². The van der Waals surface area contributed by atoms with Crippen molar-refractivity contribution in [2.24, 2.45) is 0 Å². The summed E-state index contributed by atoms with van der Waals surface area (Å²) in [7, 11) is 0. The van der Waals surface area contributed by atoms with Gasteiger partial charge in [-0.1, -0.05) is 24.9 Å². The number of hydrogen-bond donors (Lipinski definition) is 2. The molecule has 1 aromatic rings. The molecular weight excluding hydrogens is 268 g/mol. The molecule has 19 heavy (non-hydrogen) atoms. The molecule has 1 amide bonds. The van der Waals surface area contributed by atoms with Crippen LogP contribution in [0.25, 0.3) is 0 Å². The first-order valence-corrected chi connectivity index (χ1v) is 6.63. The molecule has 0 spiro atoms. The first kappa shape index (κ1) is 15.6. The Morgan fingerprint density at radius 3 is 2.58 bits per heavy atom. The Kier molecular flexibility index (Phi) is 5.00. The van der Waals surface area contributed by atoms with Gasteiger partial charge in [0.2, 0.25) is 0 Å². The Hall–Kier alpha value is -1.49. The van der Waals surface area contributed by atoms with E-state index in [9.17, 15) is 14.7 Å². The minimum Gasteiger partial charge on any atom is -0.480 e. The molecule has 0 aliphatic rings. The van der Waals surface area contributed by atoms with Crippen molar-refractivity contribution in [2.75, 3.05) is 0 Å². The Labute approximate surface area is 117 Å². The third-order valence-electron chi connectivity index (χ3n) is 3.05. The maximum atomic E-state index is 12.2. The van der Waals surface area contributed by atoms with Crippen molar-refractivity contribution in [1.82, 2.24) is 9.88 Å². The van der Waals surface area contributed by atoms with Crippen LogP contribution in [0.4, 0.5) is 0 Å². The van der Waals surface area contributed by atoms with Gasteiger partial charge in [0.25, 0.3) is 5.91 Å². The highest BCUT2D eigenvalue weighted by atomic mass is 35.5. The highest BCUT2D eigenvalue weighted by Crippen LogP contribution is 2.17. The zero-order valence-electron chi connectivity index (χ0n) is 11.4. The van der Waals surface area contributed by atoms with Crippen LogP contribution in [0.15, 0.2) is 12.3 Å². The third-order valence-corrected chi connectivity index (χ3v) is 3.25. The first-order chi connectivity index (χ1) is 8.84. The normalized spacial score (nSPS) is 13.9. The van der Waals surface area contributed by atoms with E-state index < -0.39 is 17.4 Å². The number of rotatable bonds is 6. The van der Waals surface area contributed by atoms with E-state index in [-0.39, 0.29) is 0 Å². The fourth-order valence-electron chi connectivity index (χ4n) is 1.96. The number of aliphatic carboxylic acids is 1. The topological polar surface area (TPSA) is 71.3 Å². The lowest BCUT2D eigenvalue weighted by Crippen LogP contribution is -2.52. The van der Waals surface area contributed by atoms with E-state index >= 15 is 0 Å². The highest BCUT2D eigenvalue weighted by molar-refractivity contribution is 6.31. The van der Waals surface area contributed by atoms with Gasteiger partial charge >= 0.3 is 5.97 Å². The van der Waals surface area contributed by atoms with Gasteiger partial charge in [0.1, 0.15) is 11.2 Å². The Balaban J connectivity index is 2.97. The maximum Gasteiger partial charge on any atom is 0.329 e. The van der Waals surface area contributed by atoms with E-state index in [0.29, 0.717) is 30.1 Å². The summed E-state index contributed by atoms with van der Waals surface area (Å²) in [6, 6.07) is 1.54. The predicted octanol–water partition coefficient (Wildman–Crippen LogP) is 2.53. The van der Waals surface area contributed by atoms with Crippen molar-refractivity contribution in [3.05, 3.63) is 23.0 Å². The SMILES string of the molecule is CCCC(C)(NC(=O)c1cc(Cl)cn1CC)C(=O)O. The molecule has 1 aromatic heterocycles. The highest BCUT2D eigenvalue weighted by Gasteiger charge is 2.34. The van der Waals surface area contributed by atoms with Gasteiger partial charge < -0.3 is 15.0 Å².